The number of aromatic amines is 7. The van der Waals surface area contributed by atoms with Crippen LogP contribution in [0.2, 0.25) is 5.02 Å². The number of nitrogens with zero attached hydrogens (tertiary/aromatic N) is 4. The zero-order valence-corrected chi connectivity index (χ0v) is 72.9. The number of carboxylic acids is 2. The van der Waals surface area contributed by atoms with Crippen molar-refractivity contribution in [1.29, 1.82) is 0 Å². The Morgan fingerprint density at radius 1 is 0.496 bits per heavy atom. The topological polar surface area (TPSA) is 475 Å². The predicted octanol–water partition coefficient (Wildman–Crippen LogP) is 14.1. The summed E-state index contributed by atoms with van der Waals surface area (Å²) in [6.45, 7) is 4.01. The van der Waals surface area contributed by atoms with Gasteiger partial charge in [-0.3, -0.25) is 33.6 Å². The Balaban J connectivity index is 0.000000120. The molecule has 18 aromatic rings. The molecular formula is C94H69ClF5N13O20S2. The zero-order valence-electron chi connectivity index (χ0n) is 70.5. The van der Waals surface area contributed by atoms with Crippen LogP contribution in [0, 0.1) is 29.1 Å². The predicted molar refractivity (Wildman–Crippen MR) is 488 cm³/mol. The van der Waals surface area contributed by atoms with Crippen molar-refractivity contribution in [1.82, 2.24) is 63.0 Å². The Labute approximate surface area is 759 Å². The Morgan fingerprint density at radius 2 is 1.02 bits per heavy atom. The highest BCUT2D eigenvalue weighted by Crippen LogP contribution is 2.52. The van der Waals surface area contributed by atoms with Crippen molar-refractivity contribution in [2.75, 3.05) is 32.5 Å². The van der Waals surface area contributed by atoms with E-state index in [0.717, 1.165) is 60.0 Å². The molecule has 0 saturated carbocycles. The third kappa shape index (κ3) is 16.5. The van der Waals surface area contributed by atoms with Gasteiger partial charge in [0.2, 0.25) is 26.8 Å². The fourth-order valence-electron chi connectivity index (χ4n) is 17.1. The lowest BCUT2D eigenvalue weighted by molar-refractivity contribution is 0.0678. The second-order valence-corrected chi connectivity index (χ2v) is 36.0. The van der Waals surface area contributed by atoms with E-state index in [0.29, 0.717) is 108 Å². The lowest BCUT2D eigenvalue weighted by atomic mass is 9.83. The summed E-state index contributed by atoms with van der Waals surface area (Å²) in [5.74, 6) is -6.25. The average molecular weight is 1900 g/mol. The fourth-order valence-corrected chi connectivity index (χ4v) is 18.2. The SMILES string of the molecule is CC1(C)COc2c1cc(-c1ccc[nH]c1=O)c1[nH]c(C(=O)O)c(-c3ccc[nH]c3=O)c21.CS(=O)(=O)NC(=O)c1c(-c2ccc[nH]c2=O)c2c3occ(Cl)c3ccc2n1Cc1cc(F)ccc1F.CS(=O)(=O)NC(=O)c1cc2c3c(c(-c4ccc[nH]c4=O)cc2n1Cc1cc(F)ccc1F)OCO3.O=C(O)c1c(-c2ccc[nH]c2=O)c2c3c(ccc2n1Cc1cc2[nH]cnc2cc1F)CCO3. The molecule has 33 nitrogen and oxygen atoms in total. The standard InChI is InChI=1S/C24H16ClF2N3O5S.C24H17FN4O4.C23H17F2N3O6S.C23H19N3O5/c1-36(33,34)29-24(32)21-19(15-3-2-8-28-23(15)31)20-18(7-5-14-16(25)11-35-22(14)20)30(21)10-12-9-13(26)4-6-17(12)27;25-15-9-17-16(27-11-28-17)8-13(15)10-29-18-4-3-12-5-7-33-22(12)20(18)19(21(29)24(31)32)14-2-1-6-26-23(14)30;1-35(31,32)27-23(30)19-9-16-18(28(19)10-12-7-13(24)4-5-17(12)25)8-15(20-21(16)34-11-33-20)14-3-2-6-26-22(14)29;1-23(2)10-31-19-14(23)9-13(11-5-3-7-24-20(11)27)17-16(19)15(18(26-17)22(29)30)12-6-4-8-25-21(12)28/h2-9,11H,10H2,1H3,(H,28,31)(H,29,32);1-4,6,8-9,11H,5,7,10H2,(H,26,30)(H,27,28)(H,31,32);2-9H,10-11H2,1H3,(H,26,29)(H,27,30);3-9,26H,10H2,1-2H3,(H,24,27)(H,25,28)(H,29,30). The van der Waals surface area contributed by atoms with Gasteiger partial charge in [-0.1, -0.05) is 31.5 Å². The maximum atomic E-state index is 14.9. The number of carboxylic acid groups (broad SMARTS) is 2. The lowest BCUT2D eigenvalue weighted by Gasteiger charge is -2.16. The van der Waals surface area contributed by atoms with Crippen LogP contribution < -0.4 is 56.2 Å². The number of rotatable bonds is 17. The molecule has 0 fully saturated rings. The molecule has 3 aliphatic rings. The number of carbonyl (C=O) groups excluding carboxylic acids is 2. The quantitative estimate of drug-likeness (QED) is 0.0377. The minimum absolute atomic E-state index is 0.0274. The van der Waals surface area contributed by atoms with Gasteiger partial charge in [0.05, 0.1) is 128 Å². The molecule has 684 valence electrons. The Hall–Kier alpha value is -16.6. The summed E-state index contributed by atoms with van der Waals surface area (Å²) < 4.78 is 156. The number of fused-ring (bicyclic) bond motifs is 13. The summed E-state index contributed by atoms with van der Waals surface area (Å²) in [7, 11) is -7.97. The van der Waals surface area contributed by atoms with Crippen molar-refractivity contribution in [3.63, 3.8) is 0 Å². The van der Waals surface area contributed by atoms with Crippen molar-refractivity contribution < 1.29 is 91.5 Å². The molecule has 0 unspecified atom stereocenters. The van der Waals surface area contributed by atoms with Crippen molar-refractivity contribution in [2.45, 2.75) is 45.3 Å². The summed E-state index contributed by atoms with van der Waals surface area (Å²) in [4.78, 5) is 137. The van der Waals surface area contributed by atoms with E-state index in [9.17, 15) is 92.2 Å². The largest absolute Gasteiger partial charge is 0.492 e. The molecular weight excluding hydrogens is 1830 g/mol. The first-order valence-corrected chi connectivity index (χ1v) is 44.9. The molecule has 41 heteroatoms. The number of amides is 2. The Kier molecular flexibility index (Phi) is 22.8. The highest BCUT2D eigenvalue weighted by atomic mass is 35.5. The molecule has 135 heavy (non-hydrogen) atoms. The number of imidazole rings is 1. The van der Waals surface area contributed by atoms with Gasteiger partial charge in [0.1, 0.15) is 75.2 Å². The maximum Gasteiger partial charge on any atom is 0.353 e. The first-order chi connectivity index (χ1) is 64.5. The summed E-state index contributed by atoms with van der Waals surface area (Å²) >= 11 is 6.25. The van der Waals surface area contributed by atoms with Crippen LogP contribution in [-0.2, 0) is 51.5 Å². The summed E-state index contributed by atoms with van der Waals surface area (Å²) in [5, 5.41) is 22.6. The normalized spacial score (nSPS) is 12.9. The van der Waals surface area contributed by atoms with Gasteiger partial charge < -0.3 is 82.2 Å². The fraction of sp³-hybridized carbons (Fsp3) is 0.128. The molecule has 0 saturated heterocycles. The van der Waals surface area contributed by atoms with Crippen LogP contribution in [0.1, 0.15) is 83.6 Å². The molecule has 2 amide bonds. The van der Waals surface area contributed by atoms with Crippen LogP contribution in [0.3, 0.4) is 0 Å². The highest BCUT2D eigenvalue weighted by Gasteiger charge is 2.40. The number of H-pyrrole nitrogens is 7. The number of nitrogens with one attached hydrogen (secondary N) is 9. The summed E-state index contributed by atoms with van der Waals surface area (Å²) in [6, 6.07) is 36.4. The van der Waals surface area contributed by atoms with E-state index in [1.54, 1.807) is 72.8 Å². The molecule has 0 spiro atoms. The Bertz CT molecular complexity index is 8660. The Morgan fingerprint density at radius 3 is 1.60 bits per heavy atom. The number of hydrogen-bond acceptors (Lipinski definition) is 19. The van der Waals surface area contributed by atoms with Gasteiger partial charge in [-0.25, -0.2) is 62.8 Å². The van der Waals surface area contributed by atoms with Crippen LogP contribution in [-0.4, -0.2) is 137 Å². The van der Waals surface area contributed by atoms with Crippen molar-refractivity contribution in [3.8, 4) is 78.6 Å². The number of benzene rings is 7. The third-order valence-corrected chi connectivity index (χ3v) is 24.4. The van der Waals surface area contributed by atoms with E-state index in [1.807, 2.05) is 41.5 Å². The minimum atomic E-state index is -4.04. The number of sulfonamides is 2. The van der Waals surface area contributed by atoms with Gasteiger partial charge in [-0.05, 0) is 145 Å². The molecule has 0 aliphatic carbocycles. The van der Waals surface area contributed by atoms with Crippen LogP contribution in [0.15, 0.2) is 224 Å². The van der Waals surface area contributed by atoms with E-state index in [4.69, 9.17) is 35.0 Å². The molecule has 11 N–H and O–H groups in total. The number of carbonyl (C=O) groups is 4. The summed E-state index contributed by atoms with van der Waals surface area (Å²) in [5.41, 5.74) is 4.27. The van der Waals surface area contributed by atoms with Crippen LogP contribution in [0.25, 0.3) is 121 Å². The molecule has 7 aromatic carbocycles. The molecule has 14 heterocycles. The second kappa shape index (κ2) is 34.6. The average Bonchev–Trinajstić information content (AvgIpc) is 1.56. The molecule has 3 aliphatic heterocycles. The number of furan rings is 1. The van der Waals surface area contributed by atoms with Crippen LogP contribution >= 0.6 is 11.6 Å². The van der Waals surface area contributed by atoms with E-state index in [2.05, 4.69) is 39.9 Å². The monoisotopic (exact) mass is 1890 g/mol. The second-order valence-electron chi connectivity index (χ2n) is 32.1. The number of aromatic nitrogens is 11. The number of ether oxygens (including phenoxy) is 4. The first kappa shape index (κ1) is 89.0. The highest BCUT2D eigenvalue weighted by molar-refractivity contribution is 7.89. The molecule has 0 bridgehead atoms. The van der Waals surface area contributed by atoms with Crippen molar-refractivity contribution in [3.05, 3.63) is 332 Å². The number of aromatic carboxylic acids is 2. The van der Waals surface area contributed by atoms with Gasteiger partial charge in [-0.15, -0.1) is 0 Å². The van der Waals surface area contributed by atoms with E-state index in [-0.39, 0.29) is 138 Å². The number of pyridine rings is 5. The van der Waals surface area contributed by atoms with Crippen LogP contribution in [0.5, 0.6) is 23.0 Å². The zero-order chi connectivity index (χ0) is 95.3. The van der Waals surface area contributed by atoms with Crippen molar-refractivity contribution in [2.24, 2.45) is 0 Å². The first-order valence-electron chi connectivity index (χ1n) is 40.7. The van der Waals surface area contributed by atoms with Gasteiger partial charge in [-0.2, -0.15) is 0 Å². The molecule has 0 radical (unpaired) electrons. The van der Waals surface area contributed by atoms with Gasteiger partial charge in [0, 0.05) is 115 Å². The molecule has 21 rings (SSSR count). The third-order valence-electron chi connectivity index (χ3n) is 23.0. The molecule has 0 atom stereocenters. The molecule has 11 aromatic heterocycles. The summed E-state index contributed by atoms with van der Waals surface area (Å²) in [6.07, 6.45) is 12.4. The van der Waals surface area contributed by atoms with E-state index < -0.39 is 95.1 Å². The van der Waals surface area contributed by atoms with Crippen molar-refractivity contribution >= 4 is 121 Å². The van der Waals surface area contributed by atoms with Gasteiger partial charge >= 0.3 is 11.9 Å². The number of halogens is 6. The van der Waals surface area contributed by atoms with Crippen LogP contribution in [0.4, 0.5) is 22.0 Å². The van der Waals surface area contributed by atoms with E-state index in [1.165, 1.54) is 81.5 Å². The lowest BCUT2D eigenvalue weighted by Crippen LogP contribution is -2.32. The number of hydrogen-bond donors (Lipinski definition) is 11. The minimum Gasteiger partial charge on any atom is -0.492 e. The van der Waals surface area contributed by atoms with E-state index >= 15 is 0 Å². The van der Waals surface area contributed by atoms with Gasteiger partial charge in [0.25, 0.3) is 39.6 Å². The maximum absolute atomic E-state index is 14.9. The van der Waals surface area contributed by atoms with Gasteiger partial charge in [0.15, 0.2) is 11.5 Å². The smallest absolute Gasteiger partial charge is 0.353 e.